The smallest absolute Gasteiger partial charge is 0.417 e. The average Bonchev–Trinajstić information content (AvgIpc) is 3.22. The number of pyridine rings is 1. The van der Waals surface area contributed by atoms with Crippen molar-refractivity contribution in [1.29, 1.82) is 5.26 Å². The lowest BCUT2D eigenvalue weighted by Crippen LogP contribution is -2.08. The lowest BCUT2D eigenvalue weighted by Gasteiger charge is -2.12. The first-order chi connectivity index (χ1) is 12.9. The second kappa shape index (κ2) is 6.16. The van der Waals surface area contributed by atoms with E-state index in [0.717, 1.165) is 6.07 Å². The highest BCUT2D eigenvalue weighted by Gasteiger charge is 2.35. The predicted molar refractivity (Wildman–Crippen MR) is 89.1 cm³/mol. The second-order valence-corrected chi connectivity index (χ2v) is 6.04. The third-order valence-electron chi connectivity index (χ3n) is 4.29. The van der Waals surface area contributed by atoms with Crippen molar-refractivity contribution < 1.29 is 22.6 Å². The summed E-state index contributed by atoms with van der Waals surface area (Å²) >= 11 is 0. The van der Waals surface area contributed by atoms with Crippen molar-refractivity contribution in [1.82, 2.24) is 14.8 Å². The van der Waals surface area contributed by atoms with Gasteiger partial charge in [0.05, 0.1) is 41.4 Å². The molecule has 0 amide bonds. The highest BCUT2D eigenvalue weighted by atomic mass is 19.4. The third-order valence-corrected chi connectivity index (χ3v) is 4.29. The van der Waals surface area contributed by atoms with E-state index in [1.165, 1.54) is 11.6 Å². The van der Waals surface area contributed by atoms with Crippen molar-refractivity contribution >= 4 is 11.0 Å². The van der Waals surface area contributed by atoms with Crippen molar-refractivity contribution in [2.24, 2.45) is 0 Å². The minimum Gasteiger partial charge on any atom is -0.454 e. The zero-order valence-corrected chi connectivity index (χ0v) is 14.2. The minimum atomic E-state index is -4.57. The van der Waals surface area contributed by atoms with E-state index in [9.17, 15) is 13.2 Å². The van der Waals surface area contributed by atoms with Crippen LogP contribution in [0.1, 0.15) is 17.7 Å². The van der Waals surface area contributed by atoms with Gasteiger partial charge in [-0.15, -0.1) is 0 Å². The van der Waals surface area contributed by atoms with Crippen LogP contribution in [0.3, 0.4) is 0 Å². The molecule has 138 valence electrons. The number of hydrogen-bond acceptors (Lipinski definition) is 5. The number of hydrogen-bond donors (Lipinski definition) is 0. The van der Waals surface area contributed by atoms with Gasteiger partial charge in [-0.3, -0.25) is 0 Å². The van der Waals surface area contributed by atoms with Crippen molar-refractivity contribution in [3.63, 3.8) is 0 Å². The minimum absolute atomic E-state index is 0.0510. The number of aromatic nitrogens is 3. The number of benzene rings is 1. The summed E-state index contributed by atoms with van der Waals surface area (Å²) in [7, 11) is 0. The van der Waals surface area contributed by atoms with Crippen LogP contribution in [0.25, 0.3) is 22.3 Å². The van der Waals surface area contributed by atoms with E-state index in [0.29, 0.717) is 17.1 Å². The van der Waals surface area contributed by atoms with Crippen molar-refractivity contribution in [3.8, 4) is 28.8 Å². The van der Waals surface area contributed by atoms with E-state index in [2.05, 4.69) is 10.1 Å². The molecule has 0 unspecified atom stereocenters. The van der Waals surface area contributed by atoms with Crippen LogP contribution in [0.5, 0.6) is 11.5 Å². The first-order valence-electron chi connectivity index (χ1n) is 8.11. The molecule has 0 saturated heterocycles. The molecule has 4 rings (SSSR count). The molecule has 0 radical (unpaired) electrons. The van der Waals surface area contributed by atoms with Gasteiger partial charge in [0.1, 0.15) is 0 Å². The van der Waals surface area contributed by atoms with E-state index in [-0.39, 0.29) is 42.2 Å². The third kappa shape index (κ3) is 2.93. The van der Waals surface area contributed by atoms with E-state index in [1.807, 2.05) is 6.07 Å². The normalized spacial score (nSPS) is 13.1. The average molecular weight is 374 g/mol. The van der Waals surface area contributed by atoms with Crippen molar-refractivity contribution in [2.45, 2.75) is 26.1 Å². The Morgan fingerprint density at radius 2 is 2.00 bits per heavy atom. The van der Waals surface area contributed by atoms with E-state index in [1.54, 1.807) is 18.2 Å². The molecule has 6 nitrogen and oxygen atoms in total. The van der Waals surface area contributed by atoms with Crippen LogP contribution in [0.4, 0.5) is 13.2 Å². The zero-order chi connectivity index (χ0) is 19.2. The highest BCUT2D eigenvalue weighted by Crippen LogP contribution is 2.40. The molecule has 0 N–H and O–H groups in total. The summed E-state index contributed by atoms with van der Waals surface area (Å²) in [6.45, 7) is 1.73. The molecule has 0 atom stereocenters. The molecular weight excluding hydrogens is 361 g/mol. The molecule has 2 aromatic heterocycles. The zero-order valence-electron chi connectivity index (χ0n) is 14.2. The number of nitriles is 1. The molecule has 0 spiro atoms. The molecule has 0 fully saturated rings. The molecule has 9 heteroatoms. The monoisotopic (exact) mass is 374 g/mol. The maximum Gasteiger partial charge on any atom is 0.417 e. The van der Waals surface area contributed by atoms with Crippen LogP contribution >= 0.6 is 0 Å². The summed E-state index contributed by atoms with van der Waals surface area (Å²) in [6, 6.07) is 7.85. The first-order valence-corrected chi connectivity index (χ1v) is 8.11. The lowest BCUT2D eigenvalue weighted by molar-refractivity contribution is -0.136. The van der Waals surface area contributed by atoms with Gasteiger partial charge in [-0.1, -0.05) is 0 Å². The van der Waals surface area contributed by atoms with Crippen LogP contribution in [-0.4, -0.2) is 21.6 Å². The van der Waals surface area contributed by atoms with Crippen LogP contribution in [0, 0.1) is 18.3 Å². The highest BCUT2D eigenvalue weighted by molar-refractivity contribution is 5.86. The lowest BCUT2D eigenvalue weighted by atomic mass is 10.0. The largest absolute Gasteiger partial charge is 0.454 e. The number of rotatable bonds is 3. The number of nitrogens with zero attached hydrogens (tertiary/aromatic N) is 4. The number of alkyl halides is 3. The molecule has 27 heavy (non-hydrogen) atoms. The Morgan fingerprint density at radius 1 is 1.22 bits per heavy atom. The first kappa shape index (κ1) is 17.1. The van der Waals surface area contributed by atoms with E-state index < -0.39 is 11.7 Å². The molecule has 1 aromatic carbocycles. The van der Waals surface area contributed by atoms with Crippen LogP contribution < -0.4 is 9.47 Å². The number of ether oxygens (including phenoxy) is 2. The Morgan fingerprint density at radius 3 is 2.74 bits per heavy atom. The Balaban J connectivity index is 1.95. The number of halogens is 3. The summed E-state index contributed by atoms with van der Waals surface area (Å²) in [6.07, 6.45) is -4.45. The van der Waals surface area contributed by atoms with Gasteiger partial charge < -0.3 is 9.47 Å². The molecule has 0 saturated carbocycles. The maximum atomic E-state index is 13.7. The fraction of sp³-hybridized carbons (Fsp3) is 0.278. The Hall–Kier alpha value is -3.28. The molecule has 1 aliphatic heterocycles. The molecule has 3 heterocycles. The fourth-order valence-electron chi connectivity index (χ4n) is 3.09. The Bertz CT molecular complexity index is 1080. The number of aryl methyl sites for hydroxylation is 2. The van der Waals surface area contributed by atoms with Gasteiger partial charge in [-0.05, 0) is 31.2 Å². The fourth-order valence-corrected chi connectivity index (χ4v) is 3.09. The Kier molecular flexibility index (Phi) is 3.91. The summed E-state index contributed by atoms with van der Waals surface area (Å²) in [5.41, 5.74) is 0.134. The van der Waals surface area contributed by atoms with Gasteiger partial charge in [0.2, 0.25) is 6.79 Å². The van der Waals surface area contributed by atoms with Gasteiger partial charge in [0.25, 0.3) is 0 Å². The molecule has 0 aliphatic carbocycles. The molecule has 0 bridgehead atoms. The topological polar surface area (TPSA) is 73.0 Å². The second-order valence-electron chi connectivity index (χ2n) is 6.04. The van der Waals surface area contributed by atoms with Gasteiger partial charge in [-0.25, -0.2) is 9.67 Å². The number of fused-ring (bicyclic) bond motifs is 2. The van der Waals surface area contributed by atoms with Gasteiger partial charge in [0.15, 0.2) is 17.1 Å². The summed E-state index contributed by atoms with van der Waals surface area (Å²) in [4.78, 5) is 4.41. The van der Waals surface area contributed by atoms with Crippen LogP contribution in [-0.2, 0) is 12.7 Å². The standard InChI is InChI=1S/C18H13F3N4O2/c1-10-16-12(18(19,20)21)8-13(23-17(16)25(24-10)6-2-5-22)11-3-4-14-15(7-11)27-9-26-14/h3-4,7-8H,2,6,9H2,1H3. The van der Waals surface area contributed by atoms with Crippen LogP contribution in [0.2, 0.25) is 0 Å². The SMILES string of the molecule is Cc1nn(CCC#N)c2nc(-c3ccc4c(c3)OCO4)cc(C(F)(F)F)c12. The quantitative estimate of drug-likeness (QED) is 0.691. The van der Waals surface area contributed by atoms with E-state index in [4.69, 9.17) is 14.7 Å². The van der Waals surface area contributed by atoms with Gasteiger partial charge in [-0.2, -0.15) is 23.5 Å². The van der Waals surface area contributed by atoms with E-state index >= 15 is 0 Å². The van der Waals surface area contributed by atoms with Crippen molar-refractivity contribution in [2.75, 3.05) is 6.79 Å². The van der Waals surface area contributed by atoms with Crippen molar-refractivity contribution in [3.05, 3.63) is 35.5 Å². The Labute approximate surface area is 151 Å². The van der Waals surface area contributed by atoms with Gasteiger partial charge in [0, 0.05) is 5.56 Å². The molecule has 3 aromatic rings. The summed E-state index contributed by atoms with van der Waals surface area (Å²) in [5.74, 6) is 0.989. The molecule has 1 aliphatic rings. The predicted octanol–water partition coefficient (Wildman–Crippen LogP) is 4.07. The maximum absolute atomic E-state index is 13.7. The molecular formula is C18H13F3N4O2. The summed E-state index contributed by atoms with van der Waals surface area (Å²) < 4.78 is 53.0. The summed E-state index contributed by atoms with van der Waals surface area (Å²) in [5, 5.41) is 12.9. The van der Waals surface area contributed by atoms with Gasteiger partial charge >= 0.3 is 6.18 Å². The van der Waals surface area contributed by atoms with Crippen LogP contribution in [0.15, 0.2) is 24.3 Å².